The Bertz CT molecular complexity index is 372. The molecule has 0 unspecified atom stereocenters. The molecule has 88 valence electrons. The van der Waals surface area contributed by atoms with E-state index in [-0.39, 0.29) is 9.92 Å². The molecule has 4 nitrogen and oxygen atoms in total. The Morgan fingerprint density at radius 3 is 2.94 bits per heavy atom. The number of rotatable bonds is 6. The first-order chi connectivity index (χ1) is 7.59. The van der Waals surface area contributed by atoms with Crippen LogP contribution in [0.1, 0.15) is 19.4 Å². The summed E-state index contributed by atoms with van der Waals surface area (Å²) in [6, 6.07) is 1.59. The second-order valence-corrected chi connectivity index (χ2v) is 4.82. The van der Waals surface area contributed by atoms with Gasteiger partial charge in [0.1, 0.15) is 0 Å². The van der Waals surface area contributed by atoms with E-state index >= 15 is 0 Å². The highest BCUT2D eigenvalue weighted by Gasteiger charge is 2.07. The van der Waals surface area contributed by atoms with E-state index in [0.29, 0.717) is 5.92 Å². The molecule has 5 heteroatoms. The lowest BCUT2D eigenvalue weighted by Gasteiger charge is -2.03. The molecule has 0 aromatic carbocycles. The van der Waals surface area contributed by atoms with Gasteiger partial charge in [-0.15, -0.1) is 0 Å². The van der Waals surface area contributed by atoms with Crippen LogP contribution in [-0.2, 0) is 0 Å². The fourth-order valence-electron chi connectivity index (χ4n) is 1.17. The quantitative estimate of drug-likeness (QED) is 0.472. The summed E-state index contributed by atoms with van der Waals surface area (Å²) in [6.07, 6.45) is 3.88. The van der Waals surface area contributed by atoms with Crippen molar-refractivity contribution in [1.29, 1.82) is 0 Å². The third-order valence-electron chi connectivity index (χ3n) is 1.91. The van der Waals surface area contributed by atoms with Gasteiger partial charge in [-0.05, 0) is 18.0 Å². The number of nitrogens with one attached hydrogen (secondary N) is 1. The van der Waals surface area contributed by atoms with E-state index in [1.807, 2.05) is 12.2 Å². The fourth-order valence-corrected chi connectivity index (χ4v) is 1.87. The molecule has 1 rings (SSSR count). The van der Waals surface area contributed by atoms with Gasteiger partial charge in [-0.25, -0.2) is 0 Å². The minimum Gasteiger partial charge on any atom is -0.313 e. The predicted molar refractivity (Wildman–Crippen MR) is 67.7 cm³/mol. The number of thiophene rings is 1. The van der Waals surface area contributed by atoms with Crippen molar-refractivity contribution in [1.82, 2.24) is 5.32 Å². The highest BCUT2D eigenvalue weighted by molar-refractivity contribution is 7.13. The largest absolute Gasteiger partial charge is 0.324 e. The highest BCUT2D eigenvalue weighted by atomic mass is 32.1. The normalized spacial score (nSPS) is 11.4. The van der Waals surface area contributed by atoms with E-state index < -0.39 is 0 Å². The van der Waals surface area contributed by atoms with E-state index in [1.54, 1.807) is 11.4 Å². The summed E-state index contributed by atoms with van der Waals surface area (Å²) in [5.74, 6) is 0.635. The van der Waals surface area contributed by atoms with Crippen molar-refractivity contribution in [3.8, 4) is 0 Å². The molecule has 0 spiro atoms. The number of hydrogen-bond donors (Lipinski definition) is 1. The fraction of sp³-hybridized carbons (Fsp3) is 0.455. The molecule has 1 aromatic heterocycles. The predicted octanol–water partition coefficient (Wildman–Crippen LogP) is 2.92. The molecule has 0 amide bonds. The van der Waals surface area contributed by atoms with Gasteiger partial charge in [-0.2, -0.15) is 0 Å². The molecule has 0 saturated carbocycles. The van der Waals surface area contributed by atoms with E-state index in [4.69, 9.17) is 0 Å². The summed E-state index contributed by atoms with van der Waals surface area (Å²) < 4.78 is 0. The summed E-state index contributed by atoms with van der Waals surface area (Å²) in [6.45, 7) is 6.08. The Balaban J connectivity index is 2.35. The van der Waals surface area contributed by atoms with Gasteiger partial charge in [0, 0.05) is 18.0 Å². The monoisotopic (exact) mass is 240 g/mol. The first-order valence-corrected chi connectivity index (χ1v) is 6.07. The summed E-state index contributed by atoms with van der Waals surface area (Å²) in [5.41, 5.74) is 0.892. The number of nitro groups is 1. The van der Waals surface area contributed by atoms with Crippen LogP contribution in [0.15, 0.2) is 17.5 Å². The lowest BCUT2D eigenvalue weighted by Crippen LogP contribution is -2.19. The molecule has 0 atom stereocenters. The van der Waals surface area contributed by atoms with Crippen molar-refractivity contribution in [2.75, 3.05) is 13.1 Å². The Kier molecular flexibility index (Phi) is 5.14. The van der Waals surface area contributed by atoms with Gasteiger partial charge in [-0.3, -0.25) is 10.1 Å². The van der Waals surface area contributed by atoms with Crippen molar-refractivity contribution in [3.63, 3.8) is 0 Å². The molecule has 0 radical (unpaired) electrons. The molecule has 0 aliphatic rings. The van der Waals surface area contributed by atoms with Crippen LogP contribution < -0.4 is 5.32 Å². The Morgan fingerprint density at radius 1 is 1.62 bits per heavy atom. The Morgan fingerprint density at radius 2 is 2.38 bits per heavy atom. The third kappa shape index (κ3) is 4.55. The Hall–Kier alpha value is -1.20. The van der Waals surface area contributed by atoms with Crippen LogP contribution in [0.25, 0.3) is 6.08 Å². The van der Waals surface area contributed by atoms with Gasteiger partial charge < -0.3 is 5.32 Å². The van der Waals surface area contributed by atoms with Gasteiger partial charge in [-0.1, -0.05) is 37.3 Å². The average molecular weight is 240 g/mol. The average Bonchev–Trinajstić information content (AvgIpc) is 2.65. The summed E-state index contributed by atoms with van der Waals surface area (Å²) >= 11 is 1.16. The molecule has 1 heterocycles. The van der Waals surface area contributed by atoms with Crippen molar-refractivity contribution in [3.05, 3.63) is 33.2 Å². The standard InChI is InChI=1S/C11H16N2O2S/c1-9(2)7-12-5-3-4-10-6-11(13(14)15)16-8-10/h3-4,6,8-9,12H,5,7H2,1-2H3. The second kappa shape index (κ2) is 6.40. The summed E-state index contributed by atoms with van der Waals surface area (Å²) in [4.78, 5) is 10.1. The molecule has 0 aliphatic carbocycles. The molecule has 0 fully saturated rings. The topological polar surface area (TPSA) is 55.2 Å². The SMILES string of the molecule is CC(C)CNCC=Cc1csc([N+](=O)[O-])c1. The van der Waals surface area contributed by atoms with E-state index in [1.165, 1.54) is 0 Å². The molecule has 0 bridgehead atoms. The smallest absolute Gasteiger partial charge is 0.313 e. The number of nitrogens with zero attached hydrogens (tertiary/aromatic N) is 1. The van der Waals surface area contributed by atoms with Crippen LogP contribution in [0, 0.1) is 16.0 Å². The van der Waals surface area contributed by atoms with Gasteiger partial charge in [0.15, 0.2) is 0 Å². The first kappa shape index (κ1) is 12.9. The van der Waals surface area contributed by atoms with E-state index in [0.717, 1.165) is 30.0 Å². The maximum absolute atomic E-state index is 10.4. The van der Waals surface area contributed by atoms with E-state index in [2.05, 4.69) is 19.2 Å². The highest BCUT2D eigenvalue weighted by Crippen LogP contribution is 2.23. The zero-order valence-corrected chi connectivity index (χ0v) is 10.3. The summed E-state index contributed by atoms with van der Waals surface area (Å²) in [5, 5.41) is 15.7. The zero-order valence-electron chi connectivity index (χ0n) is 9.47. The van der Waals surface area contributed by atoms with Crippen molar-refractivity contribution in [2.45, 2.75) is 13.8 Å². The number of hydrogen-bond acceptors (Lipinski definition) is 4. The maximum atomic E-state index is 10.4. The van der Waals surface area contributed by atoms with Crippen molar-refractivity contribution in [2.24, 2.45) is 5.92 Å². The maximum Gasteiger partial charge on any atom is 0.324 e. The van der Waals surface area contributed by atoms with Crippen LogP contribution in [-0.4, -0.2) is 18.0 Å². The molecular formula is C11H16N2O2S. The van der Waals surface area contributed by atoms with Crippen LogP contribution >= 0.6 is 11.3 Å². The minimum atomic E-state index is -0.362. The minimum absolute atomic E-state index is 0.190. The molecule has 0 saturated heterocycles. The van der Waals surface area contributed by atoms with Gasteiger partial charge in [0.2, 0.25) is 0 Å². The molecular weight excluding hydrogens is 224 g/mol. The van der Waals surface area contributed by atoms with Crippen LogP contribution in [0.5, 0.6) is 0 Å². The van der Waals surface area contributed by atoms with Gasteiger partial charge in [0.25, 0.3) is 0 Å². The van der Waals surface area contributed by atoms with Crippen LogP contribution in [0.4, 0.5) is 5.00 Å². The third-order valence-corrected chi connectivity index (χ3v) is 2.81. The lowest BCUT2D eigenvalue weighted by atomic mass is 10.2. The van der Waals surface area contributed by atoms with Crippen molar-refractivity contribution < 1.29 is 4.92 Å². The molecule has 1 aromatic rings. The van der Waals surface area contributed by atoms with Crippen LogP contribution in [0.2, 0.25) is 0 Å². The van der Waals surface area contributed by atoms with Crippen LogP contribution in [0.3, 0.4) is 0 Å². The van der Waals surface area contributed by atoms with Crippen molar-refractivity contribution >= 4 is 22.4 Å². The molecule has 16 heavy (non-hydrogen) atoms. The lowest BCUT2D eigenvalue weighted by molar-refractivity contribution is -0.380. The first-order valence-electron chi connectivity index (χ1n) is 5.19. The van der Waals surface area contributed by atoms with Gasteiger partial charge in [0.05, 0.1) is 4.92 Å². The molecule has 0 aliphatic heterocycles. The second-order valence-electron chi connectivity index (χ2n) is 3.93. The Labute approximate surface area is 99.1 Å². The summed E-state index contributed by atoms with van der Waals surface area (Å²) in [7, 11) is 0. The van der Waals surface area contributed by atoms with Gasteiger partial charge >= 0.3 is 5.00 Å². The zero-order chi connectivity index (χ0) is 12.0. The van der Waals surface area contributed by atoms with E-state index in [9.17, 15) is 10.1 Å². The molecule has 1 N–H and O–H groups in total.